The van der Waals surface area contributed by atoms with E-state index in [1.54, 1.807) is 0 Å². The Hall–Kier alpha value is -1.02. The standard InChI is InChI=1S/C16H28N2/c1-7-16(4,11-17-5)12-18(6)15-9-13(2)8-14(3)10-15/h8-10,17H,7,11-12H2,1-6H3. The number of hydrogen-bond donors (Lipinski definition) is 1. The Morgan fingerprint density at radius 3 is 2.17 bits per heavy atom. The summed E-state index contributed by atoms with van der Waals surface area (Å²) in [6, 6.07) is 6.76. The molecule has 18 heavy (non-hydrogen) atoms. The number of aryl methyl sites for hydroxylation is 2. The highest BCUT2D eigenvalue weighted by Crippen LogP contribution is 2.25. The molecule has 0 spiro atoms. The van der Waals surface area contributed by atoms with Gasteiger partial charge in [-0.25, -0.2) is 0 Å². The van der Waals surface area contributed by atoms with Gasteiger partial charge in [-0.05, 0) is 56.0 Å². The van der Waals surface area contributed by atoms with Crippen molar-refractivity contribution >= 4 is 5.69 Å². The van der Waals surface area contributed by atoms with Crippen LogP contribution in [0.5, 0.6) is 0 Å². The molecular formula is C16H28N2. The lowest BCUT2D eigenvalue weighted by atomic mass is 9.86. The van der Waals surface area contributed by atoms with Crippen LogP contribution in [0.25, 0.3) is 0 Å². The molecule has 1 aromatic rings. The fourth-order valence-corrected chi connectivity index (χ4v) is 2.55. The molecule has 2 nitrogen and oxygen atoms in total. The minimum absolute atomic E-state index is 0.321. The second-order valence-corrected chi connectivity index (χ2v) is 5.90. The third kappa shape index (κ3) is 4.02. The highest BCUT2D eigenvalue weighted by molar-refractivity contribution is 5.50. The van der Waals surface area contributed by atoms with Crippen molar-refractivity contribution in [3.8, 4) is 0 Å². The van der Waals surface area contributed by atoms with Crippen molar-refractivity contribution in [3.05, 3.63) is 29.3 Å². The highest BCUT2D eigenvalue weighted by Gasteiger charge is 2.23. The average molecular weight is 248 g/mol. The third-order valence-corrected chi connectivity index (χ3v) is 3.72. The van der Waals surface area contributed by atoms with E-state index in [0.29, 0.717) is 5.41 Å². The smallest absolute Gasteiger partial charge is 0.0369 e. The lowest BCUT2D eigenvalue weighted by Crippen LogP contribution is -2.39. The van der Waals surface area contributed by atoms with Crippen molar-refractivity contribution in [1.29, 1.82) is 0 Å². The second-order valence-electron chi connectivity index (χ2n) is 5.90. The van der Waals surface area contributed by atoms with Crippen molar-refractivity contribution in [1.82, 2.24) is 5.32 Å². The van der Waals surface area contributed by atoms with Gasteiger partial charge in [0.25, 0.3) is 0 Å². The van der Waals surface area contributed by atoms with Gasteiger partial charge in [0.15, 0.2) is 0 Å². The Morgan fingerprint density at radius 2 is 1.72 bits per heavy atom. The fraction of sp³-hybridized carbons (Fsp3) is 0.625. The highest BCUT2D eigenvalue weighted by atomic mass is 15.1. The van der Waals surface area contributed by atoms with Crippen molar-refractivity contribution in [2.75, 3.05) is 32.1 Å². The minimum Gasteiger partial charge on any atom is -0.374 e. The summed E-state index contributed by atoms with van der Waals surface area (Å²) in [7, 11) is 4.22. The van der Waals surface area contributed by atoms with Gasteiger partial charge in [-0.2, -0.15) is 0 Å². The zero-order chi connectivity index (χ0) is 13.8. The van der Waals surface area contributed by atoms with E-state index in [0.717, 1.165) is 13.1 Å². The lowest BCUT2D eigenvalue weighted by molar-refractivity contribution is 0.308. The molecule has 102 valence electrons. The van der Waals surface area contributed by atoms with Gasteiger partial charge < -0.3 is 10.2 Å². The van der Waals surface area contributed by atoms with Crippen molar-refractivity contribution in [2.45, 2.75) is 34.1 Å². The molecule has 0 heterocycles. The average Bonchev–Trinajstić information content (AvgIpc) is 2.28. The predicted octanol–water partition coefficient (Wildman–Crippen LogP) is 3.38. The Morgan fingerprint density at radius 1 is 1.17 bits per heavy atom. The first-order valence-electron chi connectivity index (χ1n) is 6.84. The van der Waals surface area contributed by atoms with Crippen LogP contribution in [0.15, 0.2) is 18.2 Å². The third-order valence-electron chi connectivity index (χ3n) is 3.72. The van der Waals surface area contributed by atoms with Gasteiger partial charge >= 0.3 is 0 Å². The Kier molecular flexibility index (Phi) is 5.21. The van der Waals surface area contributed by atoms with E-state index < -0.39 is 0 Å². The number of hydrogen-bond acceptors (Lipinski definition) is 2. The van der Waals surface area contributed by atoms with Crippen molar-refractivity contribution in [3.63, 3.8) is 0 Å². The number of nitrogens with one attached hydrogen (secondary N) is 1. The summed E-state index contributed by atoms with van der Waals surface area (Å²) in [5.74, 6) is 0. The van der Waals surface area contributed by atoms with E-state index in [4.69, 9.17) is 0 Å². The largest absolute Gasteiger partial charge is 0.374 e. The maximum Gasteiger partial charge on any atom is 0.0369 e. The summed E-state index contributed by atoms with van der Waals surface area (Å²) in [5, 5.41) is 3.31. The van der Waals surface area contributed by atoms with Gasteiger partial charge in [0.05, 0.1) is 0 Å². The number of rotatable bonds is 6. The van der Waals surface area contributed by atoms with Crippen LogP contribution >= 0.6 is 0 Å². The lowest BCUT2D eigenvalue weighted by Gasteiger charge is -2.34. The molecule has 0 aliphatic carbocycles. The first-order chi connectivity index (χ1) is 8.40. The molecule has 0 saturated heterocycles. The van der Waals surface area contributed by atoms with E-state index in [9.17, 15) is 0 Å². The van der Waals surface area contributed by atoms with Crippen LogP contribution in [0.2, 0.25) is 0 Å². The maximum atomic E-state index is 3.31. The first kappa shape index (κ1) is 15.0. The molecule has 1 atom stereocenters. The Labute approximate surface area is 112 Å². The van der Waals surface area contributed by atoms with Gasteiger partial charge in [-0.3, -0.25) is 0 Å². The monoisotopic (exact) mass is 248 g/mol. The van der Waals surface area contributed by atoms with Crippen LogP contribution in [0.4, 0.5) is 5.69 Å². The van der Waals surface area contributed by atoms with Crippen LogP contribution in [0, 0.1) is 19.3 Å². The molecule has 0 saturated carbocycles. The summed E-state index contributed by atoms with van der Waals surface area (Å²) in [4.78, 5) is 2.38. The van der Waals surface area contributed by atoms with Gasteiger partial charge in [0.1, 0.15) is 0 Å². The van der Waals surface area contributed by atoms with Gasteiger partial charge in [-0.1, -0.05) is 19.9 Å². The summed E-state index contributed by atoms with van der Waals surface area (Å²) < 4.78 is 0. The van der Waals surface area contributed by atoms with E-state index in [2.05, 4.69) is 63.2 Å². The summed E-state index contributed by atoms with van der Waals surface area (Å²) in [6.45, 7) is 11.1. The SMILES string of the molecule is CCC(C)(CNC)CN(C)c1cc(C)cc(C)c1. The predicted molar refractivity (Wildman–Crippen MR) is 81.5 cm³/mol. The summed E-state index contributed by atoms with van der Waals surface area (Å²) in [5.41, 5.74) is 4.32. The van der Waals surface area contributed by atoms with Gasteiger partial charge in [0.2, 0.25) is 0 Å². The summed E-state index contributed by atoms with van der Waals surface area (Å²) >= 11 is 0. The topological polar surface area (TPSA) is 15.3 Å². The molecule has 2 heteroatoms. The molecule has 1 aromatic carbocycles. The molecule has 0 bridgehead atoms. The molecule has 0 amide bonds. The van der Waals surface area contributed by atoms with E-state index in [-0.39, 0.29) is 0 Å². The molecular weight excluding hydrogens is 220 g/mol. The van der Waals surface area contributed by atoms with Crippen LogP contribution in [0.3, 0.4) is 0 Å². The molecule has 0 aliphatic rings. The number of benzene rings is 1. The van der Waals surface area contributed by atoms with E-state index >= 15 is 0 Å². The molecule has 0 aliphatic heterocycles. The Balaban J connectivity index is 2.83. The molecule has 0 radical (unpaired) electrons. The summed E-state index contributed by atoms with van der Waals surface area (Å²) in [6.07, 6.45) is 1.18. The molecule has 0 aromatic heterocycles. The number of nitrogens with zero attached hydrogens (tertiary/aromatic N) is 1. The van der Waals surface area contributed by atoms with E-state index in [1.165, 1.54) is 23.2 Å². The minimum atomic E-state index is 0.321. The van der Waals surface area contributed by atoms with Crippen LogP contribution in [-0.2, 0) is 0 Å². The van der Waals surface area contributed by atoms with E-state index in [1.807, 2.05) is 7.05 Å². The quantitative estimate of drug-likeness (QED) is 0.830. The Bertz CT molecular complexity index is 366. The van der Waals surface area contributed by atoms with Crippen LogP contribution in [-0.4, -0.2) is 27.2 Å². The maximum absolute atomic E-state index is 3.31. The normalized spacial score (nSPS) is 14.3. The van der Waals surface area contributed by atoms with Gasteiger partial charge in [-0.15, -0.1) is 0 Å². The van der Waals surface area contributed by atoms with Crippen LogP contribution in [0.1, 0.15) is 31.4 Å². The molecule has 0 fully saturated rings. The van der Waals surface area contributed by atoms with Gasteiger partial charge in [0, 0.05) is 25.8 Å². The molecule has 1 unspecified atom stereocenters. The second kappa shape index (κ2) is 6.24. The fourth-order valence-electron chi connectivity index (χ4n) is 2.55. The van der Waals surface area contributed by atoms with Crippen molar-refractivity contribution in [2.24, 2.45) is 5.41 Å². The number of anilines is 1. The zero-order valence-corrected chi connectivity index (χ0v) is 12.8. The van der Waals surface area contributed by atoms with Crippen molar-refractivity contribution < 1.29 is 0 Å². The first-order valence-corrected chi connectivity index (χ1v) is 6.84. The molecule has 1 N–H and O–H groups in total. The molecule has 1 rings (SSSR count). The van der Waals surface area contributed by atoms with Crippen LogP contribution < -0.4 is 10.2 Å². The zero-order valence-electron chi connectivity index (χ0n) is 12.8.